The molecule has 4 heteroatoms. The second kappa shape index (κ2) is 8.68. The largest absolute Gasteiger partial charge is 0.309 e. The molecule has 0 aliphatic rings. The molecule has 0 amide bonds. The summed E-state index contributed by atoms with van der Waals surface area (Å²) in [6, 6.07) is 41.3. The Labute approximate surface area is 198 Å². The molecule has 0 spiro atoms. The van der Waals surface area contributed by atoms with E-state index in [4.69, 9.17) is 9.97 Å². The molecule has 0 saturated carbocycles. The van der Waals surface area contributed by atoms with Crippen LogP contribution in [0.1, 0.15) is 0 Å². The van der Waals surface area contributed by atoms with E-state index in [1.807, 2.05) is 77.6 Å². The van der Waals surface area contributed by atoms with Crippen molar-refractivity contribution in [1.29, 1.82) is 0 Å². The van der Waals surface area contributed by atoms with Crippen LogP contribution in [0.15, 0.2) is 134 Å². The molecular weight excluding hydrogens is 416 g/mol. The lowest BCUT2D eigenvalue weighted by Gasteiger charge is -2.25. The first-order chi connectivity index (χ1) is 16.8. The van der Waals surface area contributed by atoms with E-state index in [2.05, 4.69) is 65.6 Å². The Bertz CT molecular complexity index is 1560. The van der Waals surface area contributed by atoms with E-state index in [0.717, 1.165) is 45.2 Å². The number of anilines is 3. The zero-order chi connectivity index (χ0) is 22.7. The molecule has 6 rings (SSSR count). The molecule has 3 aromatic carbocycles. The van der Waals surface area contributed by atoms with Gasteiger partial charge in [-0.1, -0.05) is 60.7 Å². The molecule has 0 aliphatic heterocycles. The van der Waals surface area contributed by atoms with Crippen molar-refractivity contribution in [3.63, 3.8) is 0 Å². The van der Waals surface area contributed by atoms with Gasteiger partial charge in [-0.25, -0.2) is 9.97 Å². The summed E-state index contributed by atoms with van der Waals surface area (Å²) < 4.78 is 2.02. The third-order valence-electron chi connectivity index (χ3n) is 5.83. The number of para-hydroxylation sites is 2. The Morgan fingerprint density at radius 2 is 1.32 bits per heavy atom. The monoisotopic (exact) mass is 438 g/mol. The fraction of sp³-hybridized carbons (Fsp3) is 0. The van der Waals surface area contributed by atoms with Crippen LogP contribution in [0.4, 0.5) is 17.2 Å². The van der Waals surface area contributed by atoms with Crippen LogP contribution < -0.4 is 4.90 Å². The zero-order valence-electron chi connectivity index (χ0n) is 18.5. The summed E-state index contributed by atoms with van der Waals surface area (Å²) in [7, 11) is 0. The summed E-state index contributed by atoms with van der Waals surface area (Å²) in [4.78, 5) is 12.1. The lowest BCUT2D eigenvalue weighted by atomic mass is 10.1. The number of pyridine rings is 2. The van der Waals surface area contributed by atoms with Gasteiger partial charge in [0, 0.05) is 34.7 Å². The molecule has 0 atom stereocenters. The minimum Gasteiger partial charge on any atom is -0.309 e. The van der Waals surface area contributed by atoms with Gasteiger partial charge in [-0.15, -0.1) is 0 Å². The summed E-state index contributed by atoms with van der Waals surface area (Å²) in [5, 5.41) is 1.14. The molecule has 3 aromatic heterocycles. The molecule has 162 valence electrons. The van der Waals surface area contributed by atoms with Crippen LogP contribution in [-0.2, 0) is 0 Å². The molecule has 0 radical (unpaired) electrons. The number of rotatable bonds is 5. The highest BCUT2D eigenvalue weighted by Crippen LogP contribution is 2.35. The number of nitrogens with zero attached hydrogens (tertiary/aromatic N) is 4. The normalized spacial score (nSPS) is 10.9. The molecule has 0 aliphatic carbocycles. The van der Waals surface area contributed by atoms with Gasteiger partial charge in [0.15, 0.2) is 0 Å². The van der Waals surface area contributed by atoms with Gasteiger partial charge in [0.25, 0.3) is 0 Å². The Balaban J connectivity index is 1.47. The molecule has 0 fully saturated rings. The predicted molar refractivity (Wildman–Crippen MR) is 139 cm³/mol. The van der Waals surface area contributed by atoms with E-state index < -0.39 is 0 Å². The van der Waals surface area contributed by atoms with Crippen molar-refractivity contribution in [2.45, 2.75) is 0 Å². The van der Waals surface area contributed by atoms with E-state index in [-0.39, 0.29) is 0 Å². The van der Waals surface area contributed by atoms with Gasteiger partial charge >= 0.3 is 0 Å². The van der Waals surface area contributed by atoms with Crippen molar-refractivity contribution in [1.82, 2.24) is 14.5 Å². The van der Waals surface area contributed by atoms with E-state index >= 15 is 0 Å². The third kappa shape index (κ3) is 3.82. The number of hydrogen-bond acceptors (Lipinski definition) is 3. The fourth-order valence-electron chi connectivity index (χ4n) is 4.19. The number of aromatic nitrogens is 3. The third-order valence-corrected chi connectivity index (χ3v) is 5.83. The van der Waals surface area contributed by atoms with Crippen molar-refractivity contribution in [2.75, 3.05) is 4.90 Å². The van der Waals surface area contributed by atoms with E-state index in [0.29, 0.717) is 0 Å². The van der Waals surface area contributed by atoms with Gasteiger partial charge < -0.3 is 4.57 Å². The number of benzene rings is 3. The molecule has 0 unspecified atom stereocenters. The Morgan fingerprint density at radius 3 is 2.21 bits per heavy atom. The van der Waals surface area contributed by atoms with E-state index in [1.54, 1.807) is 0 Å². The van der Waals surface area contributed by atoms with Crippen LogP contribution in [0.5, 0.6) is 0 Å². The molecule has 6 aromatic rings. The highest BCUT2D eigenvalue weighted by Gasteiger charge is 2.15. The molecule has 34 heavy (non-hydrogen) atoms. The van der Waals surface area contributed by atoms with Crippen LogP contribution >= 0.6 is 0 Å². The highest BCUT2D eigenvalue weighted by molar-refractivity contribution is 5.83. The van der Waals surface area contributed by atoms with Gasteiger partial charge in [-0.3, -0.25) is 4.90 Å². The lowest BCUT2D eigenvalue weighted by Crippen LogP contribution is -2.12. The quantitative estimate of drug-likeness (QED) is 0.278. The van der Waals surface area contributed by atoms with Crippen LogP contribution in [0.3, 0.4) is 0 Å². The summed E-state index contributed by atoms with van der Waals surface area (Å²) in [6.45, 7) is 0. The average Bonchev–Trinajstić information content (AvgIpc) is 3.45. The Hall–Kier alpha value is -4.70. The van der Waals surface area contributed by atoms with Crippen molar-refractivity contribution >= 4 is 28.1 Å². The maximum Gasteiger partial charge on any atom is 0.140 e. The van der Waals surface area contributed by atoms with Crippen molar-refractivity contribution in [2.24, 2.45) is 0 Å². The van der Waals surface area contributed by atoms with E-state index in [9.17, 15) is 0 Å². The Kier molecular flexibility index (Phi) is 5.09. The maximum atomic E-state index is 4.98. The SMILES string of the molecule is c1ccc(N(c2cccc(-c3ccc4ccccc4n3)c2)c2cccc(-n3cccc3)n2)cc1. The molecule has 3 heterocycles. The number of hydrogen-bond donors (Lipinski definition) is 0. The van der Waals surface area contributed by atoms with Crippen LogP contribution in [0.2, 0.25) is 0 Å². The summed E-state index contributed by atoms with van der Waals surface area (Å²) in [5.74, 6) is 1.72. The summed E-state index contributed by atoms with van der Waals surface area (Å²) in [6.07, 6.45) is 4.01. The lowest BCUT2D eigenvalue weighted by molar-refractivity contribution is 0.999. The van der Waals surface area contributed by atoms with Gasteiger partial charge in [0.1, 0.15) is 11.6 Å². The molecule has 0 saturated heterocycles. The van der Waals surface area contributed by atoms with Crippen LogP contribution in [0.25, 0.3) is 28.0 Å². The van der Waals surface area contributed by atoms with E-state index in [1.165, 1.54) is 0 Å². The molecule has 0 bridgehead atoms. The summed E-state index contributed by atoms with van der Waals surface area (Å²) >= 11 is 0. The summed E-state index contributed by atoms with van der Waals surface area (Å²) in [5.41, 5.74) is 5.07. The second-order valence-electron chi connectivity index (χ2n) is 8.05. The van der Waals surface area contributed by atoms with Crippen LogP contribution in [0, 0.1) is 0 Å². The zero-order valence-corrected chi connectivity index (χ0v) is 18.5. The highest BCUT2D eigenvalue weighted by atomic mass is 15.2. The van der Waals surface area contributed by atoms with Gasteiger partial charge in [0.05, 0.1) is 11.2 Å². The minimum atomic E-state index is 0.848. The average molecular weight is 439 g/mol. The molecule has 0 N–H and O–H groups in total. The second-order valence-corrected chi connectivity index (χ2v) is 8.05. The standard InChI is InChI=1S/C30H22N4/c1-2-12-25(13-3-1)34(30-17-9-16-29(32-30)33-20-6-7-21-33)26-14-8-11-24(22-26)28-19-18-23-10-4-5-15-27(23)31-28/h1-22H. The smallest absolute Gasteiger partial charge is 0.140 e. The Morgan fingerprint density at radius 1 is 0.559 bits per heavy atom. The van der Waals surface area contributed by atoms with Crippen molar-refractivity contribution in [3.8, 4) is 17.1 Å². The first kappa shape index (κ1) is 19.9. The minimum absolute atomic E-state index is 0.848. The van der Waals surface area contributed by atoms with Crippen molar-refractivity contribution in [3.05, 3.63) is 134 Å². The van der Waals surface area contributed by atoms with Crippen LogP contribution in [-0.4, -0.2) is 14.5 Å². The predicted octanol–water partition coefficient (Wildman–Crippen LogP) is 7.56. The fourth-order valence-corrected chi connectivity index (χ4v) is 4.19. The molecular formula is C30H22N4. The topological polar surface area (TPSA) is 34.0 Å². The van der Waals surface area contributed by atoms with Gasteiger partial charge in [0.2, 0.25) is 0 Å². The maximum absolute atomic E-state index is 4.98. The van der Waals surface area contributed by atoms with Crippen molar-refractivity contribution < 1.29 is 0 Å². The first-order valence-corrected chi connectivity index (χ1v) is 11.3. The van der Waals surface area contributed by atoms with Gasteiger partial charge in [-0.05, 0) is 60.7 Å². The molecule has 4 nitrogen and oxygen atoms in total. The first-order valence-electron chi connectivity index (χ1n) is 11.3. The number of fused-ring (bicyclic) bond motifs is 1. The van der Waals surface area contributed by atoms with Gasteiger partial charge in [-0.2, -0.15) is 0 Å².